The number of ether oxygens (including phenoxy) is 1. The van der Waals surface area contributed by atoms with E-state index < -0.39 is 0 Å². The van der Waals surface area contributed by atoms with Crippen LogP contribution in [0.3, 0.4) is 0 Å². The van der Waals surface area contributed by atoms with Crippen LogP contribution in [0.5, 0.6) is 0 Å². The second-order valence-electron chi connectivity index (χ2n) is 6.82. The molecule has 2 aromatic heterocycles. The summed E-state index contributed by atoms with van der Waals surface area (Å²) >= 11 is 0. The van der Waals surface area contributed by atoms with Gasteiger partial charge >= 0.3 is 0 Å². The molecule has 1 aliphatic heterocycles. The number of rotatable bonds is 5. The summed E-state index contributed by atoms with van der Waals surface area (Å²) in [4.78, 5) is 11.0. The maximum Gasteiger partial charge on any atom is 0.230 e. The maximum absolute atomic E-state index is 5.43. The number of hydrogen-bond acceptors (Lipinski definition) is 7. The summed E-state index contributed by atoms with van der Waals surface area (Å²) in [7, 11) is 0. The van der Waals surface area contributed by atoms with Crippen molar-refractivity contribution in [3.8, 4) is 11.3 Å². The van der Waals surface area contributed by atoms with E-state index in [0.717, 1.165) is 24.3 Å². The van der Waals surface area contributed by atoms with Crippen molar-refractivity contribution in [2.24, 2.45) is 0 Å². The lowest BCUT2D eigenvalue weighted by Crippen LogP contribution is -2.37. The third-order valence-electron chi connectivity index (χ3n) is 4.57. The van der Waals surface area contributed by atoms with Gasteiger partial charge in [-0.05, 0) is 17.5 Å². The Balaban J connectivity index is 1.47. The Morgan fingerprint density at radius 3 is 2.59 bits per heavy atom. The number of hydrogen-bond donors (Lipinski definition) is 1. The molecule has 3 aromatic rings. The summed E-state index contributed by atoms with van der Waals surface area (Å²) in [6, 6.07) is 12.1. The molecule has 1 fully saturated rings. The zero-order chi connectivity index (χ0) is 18.6. The molecule has 0 atom stereocenters. The predicted molar refractivity (Wildman–Crippen MR) is 104 cm³/mol. The number of aromatic nitrogens is 3. The molecule has 1 aliphatic rings. The van der Waals surface area contributed by atoms with E-state index in [1.165, 1.54) is 5.56 Å². The molecule has 140 valence electrons. The highest BCUT2D eigenvalue weighted by Gasteiger charge is 2.14. The smallest absolute Gasteiger partial charge is 0.230 e. The first-order chi connectivity index (χ1) is 13.2. The topological polar surface area (TPSA) is 76.3 Å². The van der Waals surface area contributed by atoms with Gasteiger partial charge in [-0.25, -0.2) is 4.98 Å². The predicted octanol–water partition coefficient (Wildman–Crippen LogP) is 3.84. The largest absolute Gasteiger partial charge is 0.378 e. The fraction of sp³-hybridized carbons (Fsp3) is 0.350. The van der Waals surface area contributed by atoms with Crippen LogP contribution >= 0.6 is 0 Å². The average molecular weight is 365 g/mol. The summed E-state index contributed by atoms with van der Waals surface area (Å²) < 4.78 is 10.8. The van der Waals surface area contributed by atoms with Gasteiger partial charge in [0.25, 0.3) is 0 Å². The van der Waals surface area contributed by atoms with Gasteiger partial charge in [-0.15, -0.1) is 0 Å². The summed E-state index contributed by atoms with van der Waals surface area (Å²) in [6.45, 7) is 7.34. The van der Waals surface area contributed by atoms with Gasteiger partial charge in [-0.1, -0.05) is 43.3 Å². The number of nitrogens with one attached hydrogen (secondary N) is 1. The van der Waals surface area contributed by atoms with Crippen molar-refractivity contribution in [1.82, 2.24) is 15.1 Å². The highest BCUT2D eigenvalue weighted by Crippen LogP contribution is 2.25. The molecule has 0 amide bonds. The van der Waals surface area contributed by atoms with Gasteiger partial charge in [-0.2, -0.15) is 4.98 Å². The minimum absolute atomic E-state index is 0.506. The molecule has 7 heteroatoms. The summed E-state index contributed by atoms with van der Waals surface area (Å²) in [5, 5.41) is 7.33. The zero-order valence-corrected chi connectivity index (χ0v) is 15.6. The van der Waals surface area contributed by atoms with E-state index in [1.54, 1.807) is 6.20 Å². The van der Waals surface area contributed by atoms with E-state index in [1.807, 2.05) is 12.1 Å². The number of anilines is 3. The Morgan fingerprint density at radius 1 is 1.07 bits per heavy atom. The maximum atomic E-state index is 5.43. The summed E-state index contributed by atoms with van der Waals surface area (Å²) in [5.74, 6) is 2.41. The third kappa shape index (κ3) is 4.09. The molecule has 0 bridgehead atoms. The number of morpholine rings is 1. The van der Waals surface area contributed by atoms with Crippen molar-refractivity contribution in [1.29, 1.82) is 0 Å². The molecule has 7 nitrogen and oxygen atoms in total. The highest BCUT2D eigenvalue weighted by molar-refractivity contribution is 5.64. The van der Waals surface area contributed by atoms with E-state index in [9.17, 15) is 0 Å². The molecule has 27 heavy (non-hydrogen) atoms. The Hall–Kier alpha value is -2.93. The standard InChI is InChI=1S/C20H23N5O2/c1-14(2)15-3-5-16(6-4-15)17-13-19(27-24-17)22-18-7-8-21-20(23-18)25-9-11-26-12-10-25/h3-8,13-14H,9-12H2,1-2H3,(H,21,22,23). The molecule has 1 saturated heterocycles. The van der Waals surface area contributed by atoms with Crippen LogP contribution < -0.4 is 10.2 Å². The van der Waals surface area contributed by atoms with Crippen LogP contribution in [-0.2, 0) is 4.74 Å². The molecule has 4 rings (SSSR count). The van der Waals surface area contributed by atoms with Crippen LogP contribution in [-0.4, -0.2) is 41.4 Å². The fourth-order valence-corrected chi connectivity index (χ4v) is 2.97. The second-order valence-corrected chi connectivity index (χ2v) is 6.82. The van der Waals surface area contributed by atoms with E-state index in [4.69, 9.17) is 9.26 Å². The van der Waals surface area contributed by atoms with Crippen molar-refractivity contribution < 1.29 is 9.26 Å². The Bertz CT molecular complexity index is 885. The molecule has 1 aromatic carbocycles. The highest BCUT2D eigenvalue weighted by atomic mass is 16.5. The molecule has 0 spiro atoms. The monoisotopic (exact) mass is 365 g/mol. The lowest BCUT2D eigenvalue weighted by molar-refractivity contribution is 0.122. The number of nitrogens with zero attached hydrogens (tertiary/aromatic N) is 4. The summed E-state index contributed by atoms with van der Waals surface area (Å²) in [5.41, 5.74) is 3.11. The lowest BCUT2D eigenvalue weighted by atomic mass is 10.0. The molecular formula is C20H23N5O2. The van der Waals surface area contributed by atoms with Crippen LogP contribution in [0.4, 0.5) is 17.7 Å². The van der Waals surface area contributed by atoms with Crippen molar-refractivity contribution in [3.63, 3.8) is 0 Å². The zero-order valence-electron chi connectivity index (χ0n) is 15.6. The van der Waals surface area contributed by atoms with Crippen LogP contribution in [0.2, 0.25) is 0 Å². The van der Waals surface area contributed by atoms with Gasteiger partial charge in [-0.3, -0.25) is 0 Å². The SMILES string of the molecule is CC(C)c1ccc(-c2cc(Nc3ccnc(N4CCOCC4)n3)on2)cc1. The van der Waals surface area contributed by atoms with Gasteiger partial charge < -0.3 is 19.5 Å². The quantitative estimate of drug-likeness (QED) is 0.736. The van der Waals surface area contributed by atoms with Gasteiger partial charge in [0.15, 0.2) is 0 Å². The molecule has 0 aliphatic carbocycles. The van der Waals surface area contributed by atoms with Crippen molar-refractivity contribution >= 4 is 17.7 Å². The van der Waals surface area contributed by atoms with Crippen LogP contribution in [0.1, 0.15) is 25.3 Å². The molecule has 0 radical (unpaired) electrons. The van der Waals surface area contributed by atoms with Crippen LogP contribution in [0.25, 0.3) is 11.3 Å². The lowest BCUT2D eigenvalue weighted by Gasteiger charge is -2.26. The number of benzene rings is 1. The summed E-state index contributed by atoms with van der Waals surface area (Å²) in [6.07, 6.45) is 1.74. The van der Waals surface area contributed by atoms with E-state index in [-0.39, 0.29) is 0 Å². The first-order valence-electron chi connectivity index (χ1n) is 9.19. The molecular weight excluding hydrogens is 342 g/mol. The molecule has 3 heterocycles. The van der Waals surface area contributed by atoms with Gasteiger partial charge in [0, 0.05) is 30.9 Å². The second kappa shape index (κ2) is 7.75. The third-order valence-corrected chi connectivity index (χ3v) is 4.57. The minimum Gasteiger partial charge on any atom is -0.378 e. The first-order valence-corrected chi connectivity index (χ1v) is 9.19. The van der Waals surface area contributed by atoms with E-state index >= 15 is 0 Å². The normalized spacial score (nSPS) is 14.6. The molecule has 0 saturated carbocycles. The van der Waals surface area contributed by atoms with Crippen LogP contribution in [0.15, 0.2) is 47.1 Å². The Labute approximate surface area is 158 Å². The van der Waals surface area contributed by atoms with Gasteiger partial charge in [0.1, 0.15) is 11.5 Å². The van der Waals surface area contributed by atoms with Crippen LogP contribution in [0, 0.1) is 0 Å². The Kier molecular flexibility index (Phi) is 5.02. The Morgan fingerprint density at radius 2 is 1.85 bits per heavy atom. The minimum atomic E-state index is 0.506. The molecule has 0 unspecified atom stereocenters. The van der Waals surface area contributed by atoms with Gasteiger partial charge in [0.05, 0.1) is 13.2 Å². The van der Waals surface area contributed by atoms with Crippen molar-refractivity contribution in [2.75, 3.05) is 36.5 Å². The van der Waals surface area contributed by atoms with E-state index in [0.29, 0.717) is 36.8 Å². The molecule has 1 N–H and O–H groups in total. The van der Waals surface area contributed by atoms with Crippen molar-refractivity contribution in [2.45, 2.75) is 19.8 Å². The average Bonchev–Trinajstić information content (AvgIpc) is 3.17. The van der Waals surface area contributed by atoms with Gasteiger partial charge in [0.2, 0.25) is 11.8 Å². The first kappa shape index (κ1) is 17.5. The van der Waals surface area contributed by atoms with E-state index in [2.05, 4.69) is 63.5 Å². The van der Waals surface area contributed by atoms with Crippen molar-refractivity contribution in [3.05, 3.63) is 48.2 Å². The fourth-order valence-electron chi connectivity index (χ4n) is 2.97.